The minimum atomic E-state index is -0.0949. The van der Waals surface area contributed by atoms with Crippen molar-refractivity contribution in [3.63, 3.8) is 0 Å². The maximum atomic E-state index is 12.0. The molecule has 2 aromatic carbocycles. The van der Waals surface area contributed by atoms with Crippen LogP contribution >= 0.6 is 15.9 Å². The molecule has 3 rings (SSSR count). The SMILES string of the molecule is O=C(CCc1nnc(-c2ccccc2)o1)Nc1cccc(Br)c1. The molecule has 0 radical (unpaired) electrons. The van der Waals surface area contributed by atoms with Crippen LogP contribution in [0.1, 0.15) is 12.3 Å². The summed E-state index contributed by atoms with van der Waals surface area (Å²) in [5.74, 6) is 0.823. The van der Waals surface area contributed by atoms with Crippen LogP contribution in [0.3, 0.4) is 0 Å². The standard InChI is InChI=1S/C17H14BrN3O2/c18-13-7-4-8-14(11-13)19-15(22)9-10-16-20-21-17(23-16)12-5-2-1-3-6-12/h1-8,11H,9-10H2,(H,19,22). The van der Waals surface area contributed by atoms with Crippen molar-refractivity contribution < 1.29 is 9.21 Å². The molecule has 1 heterocycles. The van der Waals surface area contributed by atoms with E-state index in [0.717, 1.165) is 15.7 Å². The molecular formula is C17H14BrN3O2. The van der Waals surface area contributed by atoms with E-state index >= 15 is 0 Å². The Balaban J connectivity index is 1.56. The first-order chi connectivity index (χ1) is 11.2. The first-order valence-corrected chi connectivity index (χ1v) is 7.93. The van der Waals surface area contributed by atoms with Gasteiger partial charge in [0.2, 0.25) is 17.7 Å². The lowest BCUT2D eigenvalue weighted by Gasteiger charge is -2.04. The molecule has 5 nitrogen and oxygen atoms in total. The van der Waals surface area contributed by atoms with Crippen molar-refractivity contribution >= 4 is 27.5 Å². The van der Waals surface area contributed by atoms with E-state index in [1.807, 2.05) is 54.6 Å². The van der Waals surface area contributed by atoms with Gasteiger partial charge in [-0.1, -0.05) is 40.2 Å². The topological polar surface area (TPSA) is 68.0 Å². The number of anilines is 1. The Labute approximate surface area is 141 Å². The highest BCUT2D eigenvalue weighted by Crippen LogP contribution is 2.18. The average Bonchev–Trinajstić information content (AvgIpc) is 3.03. The van der Waals surface area contributed by atoms with Gasteiger partial charge in [-0.15, -0.1) is 10.2 Å². The predicted octanol–water partition coefficient (Wildman–Crippen LogP) is 4.07. The molecule has 6 heteroatoms. The molecule has 0 aliphatic carbocycles. The van der Waals surface area contributed by atoms with Crippen molar-refractivity contribution in [3.05, 3.63) is 65.0 Å². The third kappa shape index (κ3) is 4.26. The Kier molecular flexibility index (Phi) is 4.83. The third-order valence-corrected chi connectivity index (χ3v) is 3.66. The first kappa shape index (κ1) is 15.4. The van der Waals surface area contributed by atoms with E-state index in [1.54, 1.807) is 0 Å². The molecule has 0 spiro atoms. The summed E-state index contributed by atoms with van der Waals surface area (Å²) < 4.78 is 6.50. The Bertz CT molecular complexity index is 802. The number of rotatable bonds is 5. The molecule has 0 bridgehead atoms. The van der Waals surface area contributed by atoms with E-state index in [2.05, 4.69) is 31.4 Å². The third-order valence-electron chi connectivity index (χ3n) is 3.16. The number of carbonyl (C=O) groups is 1. The van der Waals surface area contributed by atoms with Gasteiger partial charge in [-0.05, 0) is 30.3 Å². The molecule has 1 aromatic heterocycles. The highest BCUT2D eigenvalue weighted by Gasteiger charge is 2.10. The zero-order valence-electron chi connectivity index (χ0n) is 12.2. The number of hydrogen-bond donors (Lipinski definition) is 1. The molecule has 0 aliphatic heterocycles. The fourth-order valence-corrected chi connectivity index (χ4v) is 2.46. The molecule has 0 fully saturated rings. The van der Waals surface area contributed by atoms with Crippen molar-refractivity contribution in [2.24, 2.45) is 0 Å². The van der Waals surface area contributed by atoms with E-state index in [9.17, 15) is 4.79 Å². The lowest BCUT2D eigenvalue weighted by Crippen LogP contribution is -2.12. The number of nitrogens with zero attached hydrogens (tertiary/aromatic N) is 2. The van der Waals surface area contributed by atoms with Crippen molar-refractivity contribution in [1.29, 1.82) is 0 Å². The van der Waals surface area contributed by atoms with Gasteiger partial charge in [-0.3, -0.25) is 4.79 Å². The van der Waals surface area contributed by atoms with Gasteiger partial charge >= 0.3 is 0 Å². The summed E-state index contributed by atoms with van der Waals surface area (Å²) in [6, 6.07) is 17.0. The summed E-state index contributed by atoms with van der Waals surface area (Å²) >= 11 is 3.37. The number of carbonyl (C=O) groups excluding carboxylic acids is 1. The Morgan fingerprint density at radius 3 is 2.70 bits per heavy atom. The second kappa shape index (κ2) is 7.19. The van der Waals surface area contributed by atoms with Crippen LogP contribution in [0.2, 0.25) is 0 Å². The number of benzene rings is 2. The smallest absolute Gasteiger partial charge is 0.247 e. The minimum Gasteiger partial charge on any atom is -0.421 e. The van der Waals surface area contributed by atoms with Crippen LogP contribution < -0.4 is 5.32 Å². The van der Waals surface area contributed by atoms with Crippen molar-refractivity contribution in [2.75, 3.05) is 5.32 Å². The quantitative estimate of drug-likeness (QED) is 0.733. The van der Waals surface area contributed by atoms with Gasteiger partial charge in [-0.2, -0.15) is 0 Å². The van der Waals surface area contributed by atoms with Crippen LogP contribution in [0.25, 0.3) is 11.5 Å². The molecule has 0 aliphatic rings. The molecule has 1 amide bonds. The zero-order chi connectivity index (χ0) is 16.1. The highest BCUT2D eigenvalue weighted by molar-refractivity contribution is 9.10. The molecule has 1 N–H and O–H groups in total. The number of halogens is 1. The Morgan fingerprint density at radius 2 is 1.91 bits per heavy atom. The molecule has 23 heavy (non-hydrogen) atoms. The summed E-state index contributed by atoms with van der Waals surface area (Å²) in [5.41, 5.74) is 1.62. The minimum absolute atomic E-state index is 0.0949. The predicted molar refractivity (Wildman–Crippen MR) is 90.8 cm³/mol. The van der Waals surface area contributed by atoms with Crippen LogP contribution in [0.5, 0.6) is 0 Å². The molecule has 0 atom stereocenters. The monoisotopic (exact) mass is 371 g/mol. The van der Waals surface area contributed by atoms with Crippen molar-refractivity contribution in [2.45, 2.75) is 12.8 Å². The lowest BCUT2D eigenvalue weighted by atomic mass is 10.2. The number of hydrogen-bond acceptors (Lipinski definition) is 4. The van der Waals surface area contributed by atoms with Gasteiger partial charge in [0.25, 0.3) is 0 Å². The van der Waals surface area contributed by atoms with Gasteiger partial charge in [0.15, 0.2) is 0 Å². The maximum absolute atomic E-state index is 12.0. The van der Waals surface area contributed by atoms with Gasteiger partial charge < -0.3 is 9.73 Å². The second-order valence-corrected chi connectivity index (χ2v) is 5.84. The highest BCUT2D eigenvalue weighted by atomic mass is 79.9. The molecular weight excluding hydrogens is 358 g/mol. The fraction of sp³-hybridized carbons (Fsp3) is 0.118. The fourth-order valence-electron chi connectivity index (χ4n) is 2.06. The molecule has 3 aromatic rings. The molecule has 0 saturated heterocycles. The Morgan fingerprint density at radius 1 is 1.09 bits per heavy atom. The summed E-state index contributed by atoms with van der Waals surface area (Å²) in [6.07, 6.45) is 0.683. The van der Waals surface area contributed by atoms with Crippen molar-refractivity contribution in [3.8, 4) is 11.5 Å². The van der Waals surface area contributed by atoms with E-state index in [-0.39, 0.29) is 12.3 Å². The zero-order valence-corrected chi connectivity index (χ0v) is 13.8. The normalized spacial score (nSPS) is 10.5. The van der Waals surface area contributed by atoms with Crippen LogP contribution in [0.4, 0.5) is 5.69 Å². The van der Waals surface area contributed by atoms with E-state index in [1.165, 1.54) is 0 Å². The molecule has 116 valence electrons. The molecule has 0 unspecified atom stereocenters. The van der Waals surface area contributed by atoms with Crippen LogP contribution in [-0.4, -0.2) is 16.1 Å². The summed E-state index contributed by atoms with van der Waals surface area (Å²) in [7, 11) is 0. The average molecular weight is 372 g/mol. The number of amides is 1. The van der Waals surface area contributed by atoms with E-state index < -0.39 is 0 Å². The van der Waals surface area contributed by atoms with Crippen LogP contribution in [0, 0.1) is 0 Å². The molecule has 0 saturated carbocycles. The number of aryl methyl sites for hydroxylation is 1. The van der Waals surface area contributed by atoms with Gasteiger partial charge in [0, 0.05) is 28.6 Å². The van der Waals surface area contributed by atoms with Crippen molar-refractivity contribution in [1.82, 2.24) is 10.2 Å². The van der Waals surface area contributed by atoms with E-state index in [0.29, 0.717) is 18.2 Å². The van der Waals surface area contributed by atoms with Gasteiger partial charge in [0.1, 0.15) is 0 Å². The Hall–Kier alpha value is -2.47. The first-order valence-electron chi connectivity index (χ1n) is 7.14. The maximum Gasteiger partial charge on any atom is 0.247 e. The summed E-state index contributed by atoms with van der Waals surface area (Å²) in [6.45, 7) is 0. The van der Waals surface area contributed by atoms with Gasteiger partial charge in [0.05, 0.1) is 0 Å². The van der Waals surface area contributed by atoms with Gasteiger partial charge in [-0.25, -0.2) is 0 Å². The largest absolute Gasteiger partial charge is 0.421 e. The number of aromatic nitrogens is 2. The van der Waals surface area contributed by atoms with Crippen LogP contribution in [-0.2, 0) is 11.2 Å². The van der Waals surface area contributed by atoms with Crippen LogP contribution in [0.15, 0.2) is 63.5 Å². The summed E-state index contributed by atoms with van der Waals surface area (Å²) in [5, 5.41) is 10.8. The second-order valence-electron chi connectivity index (χ2n) is 4.93. The van der Waals surface area contributed by atoms with E-state index in [4.69, 9.17) is 4.42 Å². The number of nitrogens with one attached hydrogen (secondary N) is 1. The summed E-state index contributed by atoms with van der Waals surface area (Å²) in [4.78, 5) is 12.0. The lowest BCUT2D eigenvalue weighted by molar-refractivity contribution is -0.116.